The lowest BCUT2D eigenvalue weighted by molar-refractivity contribution is 0.0924. The maximum absolute atomic E-state index is 12.3. The van der Waals surface area contributed by atoms with Crippen molar-refractivity contribution in [3.8, 4) is 0 Å². The summed E-state index contributed by atoms with van der Waals surface area (Å²) in [4.78, 5) is 12.3. The Morgan fingerprint density at radius 3 is 2.37 bits per heavy atom. The number of rotatable bonds is 2. The van der Waals surface area contributed by atoms with Crippen LogP contribution in [0.25, 0.3) is 0 Å². The molecule has 5 nitrogen and oxygen atoms in total. The number of nitrogens with zero attached hydrogens (tertiary/aromatic N) is 2. The largest absolute Gasteiger partial charge is 0.349 e. The van der Waals surface area contributed by atoms with E-state index >= 15 is 0 Å². The Morgan fingerprint density at radius 2 is 1.89 bits per heavy atom. The first-order chi connectivity index (χ1) is 8.49. The molecule has 1 aromatic heterocycles. The lowest BCUT2D eigenvalue weighted by atomic mass is 9.91. The molecule has 19 heavy (non-hydrogen) atoms. The zero-order chi connectivity index (χ0) is 13.3. The second kappa shape index (κ2) is 6.39. The van der Waals surface area contributed by atoms with Crippen LogP contribution in [0.5, 0.6) is 0 Å². The predicted molar refractivity (Wildman–Crippen MR) is 77.6 cm³/mol. The molecule has 1 heterocycles. The Morgan fingerprint density at radius 1 is 1.32 bits per heavy atom. The van der Waals surface area contributed by atoms with E-state index in [9.17, 15) is 4.79 Å². The molecule has 0 unspecified atom stereocenters. The average molecular weight is 287 g/mol. The van der Waals surface area contributed by atoms with Crippen LogP contribution in [0, 0.1) is 13.8 Å². The van der Waals surface area contributed by atoms with E-state index < -0.39 is 0 Å². The third-order valence-electron chi connectivity index (χ3n) is 3.84. The van der Waals surface area contributed by atoms with Crippen molar-refractivity contribution in [2.75, 3.05) is 0 Å². The fourth-order valence-corrected chi connectivity index (χ4v) is 2.62. The van der Waals surface area contributed by atoms with Gasteiger partial charge in [0, 0.05) is 24.8 Å². The van der Waals surface area contributed by atoms with Gasteiger partial charge in [-0.05, 0) is 39.5 Å². The topological polar surface area (TPSA) is 72.9 Å². The molecule has 0 aromatic carbocycles. The number of aromatic nitrogens is 2. The number of amides is 1. The van der Waals surface area contributed by atoms with Crippen LogP contribution in [0.1, 0.15) is 47.4 Å². The summed E-state index contributed by atoms with van der Waals surface area (Å²) in [6, 6.07) is 0.566. The minimum atomic E-state index is -0.00132. The van der Waals surface area contributed by atoms with E-state index in [0.717, 1.165) is 37.1 Å². The first-order valence-electron chi connectivity index (χ1n) is 6.55. The van der Waals surface area contributed by atoms with Gasteiger partial charge in [-0.15, -0.1) is 12.4 Å². The van der Waals surface area contributed by atoms with Gasteiger partial charge in [0.1, 0.15) is 0 Å². The number of carbonyl (C=O) groups excluding carboxylic acids is 1. The molecule has 0 bridgehead atoms. The van der Waals surface area contributed by atoms with Crippen LogP contribution in [0.4, 0.5) is 0 Å². The van der Waals surface area contributed by atoms with Gasteiger partial charge in [0.2, 0.25) is 0 Å². The molecule has 0 saturated heterocycles. The zero-order valence-electron chi connectivity index (χ0n) is 11.8. The van der Waals surface area contributed by atoms with E-state index in [4.69, 9.17) is 5.73 Å². The van der Waals surface area contributed by atoms with Crippen LogP contribution in [-0.4, -0.2) is 27.8 Å². The summed E-state index contributed by atoms with van der Waals surface area (Å²) < 4.78 is 1.75. The molecule has 1 aliphatic carbocycles. The number of nitrogens with one attached hydrogen (secondary N) is 1. The van der Waals surface area contributed by atoms with Gasteiger partial charge in [-0.25, -0.2) is 0 Å². The fraction of sp³-hybridized carbons (Fsp3) is 0.692. The third kappa shape index (κ3) is 3.48. The Bertz CT molecular complexity index is 450. The summed E-state index contributed by atoms with van der Waals surface area (Å²) in [5.41, 5.74) is 8.29. The van der Waals surface area contributed by atoms with Crippen molar-refractivity contribution in [1.29, 1.82) is 0 Å². The Kier molecular flexibility index (Phi) is 5.38. The molecule has 1 fully saturated rings. The molecular weight excluding hydrogens is 264 g/mol. The van der Waals surface area contributed by atoms with Gasteiger partial charge in [0.05, 0.1) is 11.3 Å². The van der Waals surface area contributed by atoms with E-state index in [1.165, 1.54) is 0 Å². The van der Waals surface area contributed by atoms with Gasteiger partial charge >= 0.3 is 0 Å². The van der Waals surface area contributed by atoms with Crippen LogP contribution in [0.3, 0.4) is 0 Å². The Labute approximate surface area is 120 Å². The Balaban J connectivity index is 0.00000180. The maximum Gasteiger partial charge on any atom is 0.255 e. The van der Waals surface area contributed by atoms with E-state index in [1.54, 1.807) is 4.68 Å². The summed E-state index contributed by atoms with van der Waals surface area (Å²) in [5.74, 6) is -0.00132. The SMILES string of the molecule is Cc1nn(C)c(C)c1C(=O)NC1CCC(N)CC1.Cl. The highest BCUT2D eigenvalue weighted by atomic mass is 35.5. The van der Waals surface area contributed by atoms with Crippen LogP contribution >= 0.6 is 12.4 Å². The first-order valence-corrected chi connectivity index (χ1v) is 6.55. The molecule has 1 saturated carbocycles. The van der Waals surface area contributed by atoms with Crippen molar-refractivity contribution in [1.82, 2.24) is 15.1 Å². The third-order valence-corrected chi connectivity index (χ3v) is 3.84. The summed E-state index contributed by atoms with van der Waals surface area (Å²) in [5, 5.41) is 7.38. The van der Waals surface area contributed by atoms with Crippen LogP contribution in [-0.2, 0) is 7.05 Å². The summed E-state index contributed by atoms with van der Waals surface area (Å²) in [7, 11) is 1.86. The molecule has 0 spiro atoms. The van der Waals surface area contributed by atoms with Crippen molar-refractivity contribution in [2.45, 2.75) is 51.6 Å². The highest BCUT2D eigenvalue weighted by Gasteiger charge is 2.23. The minimum absolute atomic E-state index is 0. The molecule has 2 rings (SSSR count). The zero-order valence-corrected chi connectivity index (χ0v) is 12.6. The van der Waals surface area contributed by atoms with E-state index in [-0.39, 0.29) is 24.4 Å². The lowest BCUT2D eigenvalue weighted by Crippen LogP contribution is -2.40. The van der Waals surface area contributed by atoms with Crippen LogP contribution in [0.15, 0.2) is 0 Å². The van der Waals surface area contributed by atoms with Crippen molar-refractivity contribution in [2.24, 2.45) is 12.8 Å². The van der Waals surface area contributed by atoms with Crippen molar-refractivity contribution < 1.29 is 4.79 Å². The van der Waals surface area contributed by atoms with Crippen molar-refractivity contribution in [3.63, 3.8) is 0 Å². The number of carbonyl (C=O) groups is 1. The summed E-state index contributed by atoms with van der Waals surface area (Å²) in [6.45, 7) is 3.80. The monoisotopic (exact) mass is 286 g/mol. The standard InChI is InChI=1S/C13H22N4O.ClH/c1-8-12(9(2)17(3)16-8)13(18)15-11-6-4-10(14)5-7-11;/h10-11H,4-7,14H2,1-3H3,(H,15,18);1H. The van der Waals surface area contributed by atoms with Crippen LogP contribution < -0.4 is 11.1 Å². The second-order valence-corrected chi connectivity index (χ2v) is 5.25. The van der Waals surface area contributed by atoms with Gasteiger partial charge in [-0.3, -0.25) is 9.48 Å². The smallest absolute Gasteiger partial charge is 0.255 e. The molecule has 0 radical (unpaired) electrons. The second-order valence-electron chi connectivity index (χ2n) is 5.25. The summed E-state index contributed by atoms with van der Waals surface area (Å²) in [6.07, 6.45) is 3.95. The number of halogens is 1. The number of aryl methyl sites for hydroxylation is 2. The molecule has 0 aliphatic heterocycles. The molecule has 1 aliphatic rings. The molecular formula is C13H23ClN4O. The highest BCUT2D eigenvalue weighted by molar-refractivity contribution is 5.96. The van der Waals surface area contributed by atoms with E-state index in [2.05, 4.69) is 10.4 Å². The van der Waals surface area contributed by atoms with Gasteiger partial charge in [-0.1, -0.05) is 0 Å². The van der Waals surface area contributed by atoms with Crippen LogP contribution in [0.2, 0.25) is 0 Å². The van der Waals surface area contributed by atoms with Crippen molar-refractivity contribution >= 4 is 18.3 Å². The van der Waals surface area contributed by atoms with Gasteiger partial charge in [-0.2, -0.15) is 5.10 Å². The molecule has 6 heteroatoms. The number of nitrogens with two attached hydrogens (primary N) is 1. The Hall–Kier alpha value is -1.07. The fourth-order valence-electron chi connectivity index (χ4n) is 2.62. The number of hydrogen-bond acceptors (Lipinski definition) is 3. The lowest BCUT2D eigenvalue weighted by Gasteiger charge is -2.26. The average Bonchev–Trinajstić information content (AvgIpc) is 2.56. The quantitative estimate of drug-likeness (QED) is 0.864. The van der Waals surface area contributed by atoms with E-state index in [0.29, 0.717) is 11.6 Å². The number of hydrogen-bond donors (Lipinski definition) is 2. The van der Waals surface area contributed by atoms with E-state index in [1.807, 2.05) is 20.9 Å². The predicted octanol–water partition coefficient (Wildman–Crippen LogP) is 1.46. The van der Waals surface area contributed by atoms with Gasteiger partial charge in [0.15, 0.2) is 0 Å². The normalized spacial score (nSPS) is 22.7. The van der Waals surface area contributed by atoms with Gasteiger partial charge in [0.25, 0.3) is 5.91 Å². The molecule has 3 N–H and O–H groups in total. The van der Waals surface area contributed by atoms with Gasteiger partial charge < -0.3 is 11.1 Å². The maximum atomic E-state index is 12.3. The first kappa shape index (κ1) is 16.0. The molecule has 1 aromatic rings. The van der Waals surface area contributed by atoms with Crippen molar-refractivity contribution in [3.05, 3.63) is 17.0 Å². The minimum Gasteiger partial charge on any atom is -0.349 e. The highest BCUT2D eigenvalue weighted by Crippen LogP contribution is 2.18. The molecule has 108 valence electrons. The molecule has 1 amide bonds. The summed E-state index contributed by atoms with van der Waals surface area (Å²) >= 11 is 0. The molecule has 0 atom stereocenters.